The molecule has 1 aliphatic heterocycles. The summed E-state index contributed by atoms with van der Waals surface area (Å²) in [5.74, 6) is -1.13. The third-order valence-electron chi connectivity index (χ3n) is 4.01. The van der Waals surface area contributed by atoms with Gasteiger partial charge in [0.05, 0.1) is 4.88 Å². The number of rotatable bonds is 3. The zero-order chi connectivity index (χ0) is 16.6. The molecule has 0 bridgehead atoms. The molecule has 2 aromatic rings. The number of likely N-dealkylation sites (tertiary alicyclic amines) is 1. The molecule has 3 rings (SSSR count). The van der Waals surface area contributed by atoms with Crippen molar-refractivity contribution in [3.05, 3.63) is 45.8 Å². The van der Waals surface area contributed by atoms with Gasteiger partial charge in [0.2, 0.25) is 0 Å². The SMILES string of the molecule is Cc1cc(C(=O)N2CCC[C@H]2C(=O)O)sc1-c1cccc(Cl)c1. The van der Waals surface area contributed by atoms with Crippen molar-refractivity contribution in [3.8, 4) is 10.4 Å². The monoisotopic (exact) mass is 349 g/mol. The quantitative estimate of drug-likeness (QED) is 0.908. The van der Waals surface area contributed by atoms with Crippen LogP contribution in [0.5, 0.6) is 0 Å². The van der Waals surface area contributed by atoms with Gasteiger partial charge in [0.1, 0.15) is 6.04 Å². The molecule has 23 heavy (non-hydrogen) atoms. The Bertz CT molecular complexity index is 771. The van der Waals surface area contributed by atoms with Crippen LogP contribution in [0.4, 0.5) is 0 Å². The molecule has 0 radical (unpaired) electrons. The molecule has 1 atom stereocenters. The van der Waals surface area contributed by atoms with Crippen molar-refractivity contribution in [2.45, 2.75) is 25.8 Å². The second-order valence-electron chi connectivity index (χ2n) is 5.63. The molecule has 0 unspecified atom stereocenters. The number of carbonyl (C=O) groups is 2. The lowest BCUT2D eigenvalue weighted by Crippen LogP contribution is -2.40. The number of nitrogens with zero attached hydrogens (tertiary/aromatic N) is 1. The van der Waals surface area contributed by atoms with E-state index < -0.39 is 12.0 Å². The zero-order valence-corrected chi connectivity index (χ0v) is 14.2. The molecule has 0 saturated carbocycles. The standard InChI is InChI=1S/C17H16ClNO3S/c1-10-8-14(16(20)19-7-3-6-13(19)17(21)22)23-15(10)11-4-2-5-12(18)9-11/h2,4-5,8-9,13H,3,6-7H2,1H3,(H,21,22)/t13-/m0/s1. The molecule has 1 fully saturated rings. The summed E-state index contributed by atoms with van der Waals surface area (Å²) in [5.41, 5.74) is 1.96. The molecular formula is C17H16ClNO3S. The Labute approximate surface area is 143 Å². The molecule has 1 aliphatic rings. The van der Waals surface area contributed by atoms with Crippen LogP contribution in [-0.2, 0) is 4.79 Å². The van der Waals surface area contributed by atoms with Crippen LogP contribution < -0.4 is 0 Å². The molecule has 2 heterocycles. The molecule has 1 amide bonds. The fraction of sp³-hybridized carbons (Fsp3) is 0.294. The molecule has 0 aliphatic carbocycles. The Morgan fingerprint density at radius 1 is 1.35 bits per heavy atom. The Hall–Kier alpha value is -1.85. The van der Waals surface area contributed by atoms with E-state index in [1.807, 2.05) is 37.3 Å². The van der Waals surface area contributed by atoms with Crippen molar-refractivity contribution >= 4 is 34.8 Å². The van der Waals surface area contributed by atoms with Crippen LogP contribution in [0.15, 0.2) is 30.3 Å². The van der Waals surface area contributed by atoms with Crippen molar-refractivity contribution in [1.29, 1.82) is 0 Å². The number of aliphatic carboxylic acids is 1. The maximum Gasteiger partial charge on any atom is 0.326 e. The van der Waals surface area contributed by atoms with Gasteiger partial charge in [-0.2, -0.15) is 0 Å². The van der Waals surface area contributed by atoms with Gasteiger partial charge in [0.25, 0.3) is 5.91 Å². The van der Waals surface area contributed by atoms with E-state index in [0.29, 0.717) is 22.9 Å². The minimum absolute atomic E-state index is 0.198. The summed E-state index contributed by atoms with van der Waals surface area (Å²) in [6, 6.07) is 8.63. The van der Waals surface area contributed by atoms with Gasteiger partial charge in [-0.15, -0.1) is 11.3 Å². The van der Waals surface area contributed by atoms with E-state index in [0.717, 1.165) is 22.4 Å². The Balaban J connectivity index is 1.91. The van der Waals surface area contributed by atoms with Crippen LogP contribution in [0, 0.1) is 6.92 Å². The van der Waals surface area contributed by atoms with Gasteiger partial charge in [0.15, 0.2) is 0 Å². The number of halogens is 1. The highest BCUT2D eigenvalue weighted by molar-refractivity contribution is 7.17. The van der Waals surface area contributed by atoms with Crippen molar-refractivity contribution in [1.82, 2.24) is 4.90 Å². The van der Waals surface area contributed by atoms with Crippen LogP contribution >= 0.6 is 22.9 Å². The van der Waals surface area contributed by atoms with Crippen LogP contribution in [0.1, 0.15) is 28.1 Å². The number of hydrogen-bond donors (Lipinski definition) is 1. The Morgan fingerprint density at radius 2 is 2.13 bits per heavy atom. The Morgan fingerprint density at radius 3 is 2.83 bits per heavy atom. The van der Waals surface area contributed by atoms with E-state index in [1.165, 1.54) is 16.2 Å². The van der Waals surface area contributed by atoms with Crippen molar-refractivity contribution in [2.24, 2.45) is 0 Å². The fourth-order valence-electron chi connectivity index (χ4n) is 2.91. The molecule has 0 spiro atoms. The first-order valence-corrected chi connectivity index (χ1v) is 8.57. The number of carbonyl (C=O) groups excluding carboxylic acids is 1. The lowest BCUT2D eigenvalue weighted by Gasteiger charge is -2.20. The third-order valence-corrected chi connectivity index (χ3v) is 5.52. The Kier molecular flexibility index (Phi) is 4.41. The minimum atomic E-state index is -0.931. The van der Waals surface area contributed by atoms with Gasteiger partial charge in [0, 0.05) is 16.4 Å². The summed E-state index contributed by atoms with van der Waals surface area (Å²) >= 11 is 7.43. The second-order valence-corrected chi connectivity index (χ2v) is 7.12. The van der Waals surface area contributed by atoms with Gasteiger partial charge >= 0.3 is 5.97 Å². The summed E-state index contributed by atoms with van der Waals surface area (Å²) in [4.78, 5) is 27.0. The number of amides is 1. The highest BCUT2D eigenvalue weighted by atomic mass is 35.5. The minimum Gasteiger partial charge on any atom is -0.480 e. The molecule has 4 nitrogen and oxygen atoms in total. The average molecular weight is 350 g/mol. The van der Waals surface area contributed by atoms with Crippen LogP contribution in [0.3, 0.4) is 0 Å². The molecule has 120 valence electrons. The van der Waals surface area contributed by atoms with E-state index >= 15 is 0 Å². The molecule has 1 N–H and O–H groups in total. The maximum absolute atomic E-state index is 12.7. The van der Waals surface area contributed by atoms with E-state index in [9.17, 15) is 14.7 Å². The zero-order valence-electron chi connectivity index (χ0n) is 12.6. The van der Waals surface area contributed by atoms with Gasteiger partial charge in [-0.1, -0.05) is 23.7 Å². The van der Waals surface area contributed by atoms with E-state index in [1.54, 1.807) is 0 Å². The van der Waals surface area contributed by atoms with Crippen LogP contribution in [0.25, 0.3) is 10.4 Å². The van der Waals surface area contributed by atoms with E-state index in [2.05, 4.69) is 0 Å². The number of hydrogen-bond acceptors (Lipinski definition) is 3. The summed E-state index contributed by atoms with van der Waals surface area (Å²) in [5, 5.41) is 9.89. The first kappa shape index (κ1) is 16.0. The van der Waals surface area contributed by atoms with E-state index in [4.69, 9.17) is 11.6 Å². The summed E-state index contributed by atoms with van der Waals surface area (Å²) in [7, 11) is 0. The molecular weight excluding hydrogens is 334 g/mol. The van der Waals surface area contributed by atoms with Crippen molar-refractivity contribution in [3.63, 3.8) is 0 Å². The summed E-state index contributed by atoms with van der Waals surface area (Å²) < 4.78 is 0. The number of carboxylic acids is 1. The van der Waals surface area contributed by atoms with Gasteiger partial charge < -0.3 is 10.0 Å². The molecule has 6 heteroatoms. The molecule has 1 saturated heterocycles. The van der Waals surface area contributed by atoms with Gasteiger partial charge in [-0.05, 0) is 49.1 Å². The third kappa shape index (κ3) is 3.12. The maximum atomic E-state index is 12.7. The highest BCUT2D eigenvalue weighted by Crippen LogP contribution is 2.35. The average Bonchev–Trinajstić information content (AvgIpc) is 3.13. The topological polar surface area (TPSA) is 57.6 Å². The highest BCUT2D eigenvalue weighted by Gasteiger charge is 2.35. The normalized spacial score (nSPS) is 17.5. The molecule has 1 aromatic heterocycles. The predicted molar refractivity (Wildman–Crippen MR) is 91.2 cm³/mol. The van der Waals surface area contributed by atoms with Crippen LogP contribution in [0.2, 0.25) is 5.02 Å². The first-order valence-electron chi connectivity index (χ1n) is 7.37. The van der Waals surface area contributed by atoms with Gasteiger partial charge in [-0.25, -0.2) is 4.79 Å². The van der Waals surface area contributed by atoms with Crippen molar-refractivity contribution in [2.75, 3.05) is 6.54 Å². The fourth-order valence-corrected chi connectivity index (χ4v) is 4.23. The number of aryl methyl sites for hydroxylation is 1. The largest absolute Gasteiger partial charge is 0.480 e. The van der Waals surface area contributed by atoms with E-state index in [-0.39, 0.29) is 5.91 Å². The second kappa shape index (κ2) is 6.34. The predicted octanol–water partition coefficient (Wildman–Crippen LogP) is 4.07. The molecule has 1 aromatic carbocycles. The van der Waals surface area contributed by atoms with Crippen molar-refractivity contribution < 1.29 is 14.7 Å². The lowest BCUT2D eigenvalue weighted by molar-refractivity contribution is -0.141. The van der Waals surface area contributed by atoms with Gasteiger partial charge in [-0.3, -0.25) is 4.79 Å². The summed E-state index contributed by atoms with van der Waals surface area (Å²) in [6.45, 7) is 2.45. The lowest BCUT2D eigenvalue weighted by atomic mass is 10.1. The number of benzene rings is 1. The summed E-state index contributed by atoms with van der Waals surface area (Å²) in [6.07, 6.45) is 1.25. The first-order chi connectivity index (χ1) is 11.0. The number of thiophene rings is 1. The van der Waals surface area contributed by atoms with Crippen LogP contribution in [-0.4, -0.2) is 34.5 Å². The smallest absolute Gasteiger partial charge is 0.326 e. The number of carboxylic acid groups (broad SMARTS) is 1.